The van der Waals surface area contributed by atoms with E-state index in [4.69, 9.17) is 20.3 Å². The van der Waals surface area contributed by atoms with Crippen molar-refractivity contribution in [3.8, 4) is 5.75 Å². The van der Waals surface area contributed by atoms with Crippen molar-refractivity contribution in [2.24, 2.45) is 5.73 Å². The monoisotopic (exact) mass is 225 g/mol. The summed E-state index contributed by atoms with van der Waals surface area (Å²) in [7, 11) is 0. The summed E-state index contributed by atoms with van der Waals surface area (Å²) in [6, 6.07) is 7.38. The second-order valence-electron chi connectivity index (χ2n) is 3.39. The third-order valence-electron chi connectivity index (χ3n) is 2.23. The normalized spacial score (nSPS) is 12.4. The summed E-state index contributed by atoms with van der Waals surface area (Å²) < 4.78 is 10.9. The molecule has 16 heavy (non-hydrogen) atoms. The highest BCUT2D eigenvalue weighted by atomic mass is 16.5. The molecule has 1 unspecified atom stereocenters. The third-order valence-corrected chi connectivity index (χ3v) is 2.23. The van der Waals surface area contributed by atoms with Gasteiger partial charge in [0.2, 0.25) is 0 Å². The molecule has 0 fully saturated rings. The number of aliphatic hydroxyl groups is 1. The van der Waals surface area contributed by atoms with Gasteiger partial charge in [-0.05, 0) is 13.0 Å². The number of para-hydroxylation sites is 1. The number of hydrogen-bond donors (Lipinski definition) is 2. The molecular formula is C12H19NO3. The Morgan fingerprint density at radius 1 is 1.38 bits per heavy atom. The number of ether oxygens (including phenoxy) is 2. The van der Waals surface area contributed by atoms with Gasteiger partial charge in [-0.2, -0.15) is 0 Å². The molecule has 0 heterocycles. The maximum absolute atomic E-state index is 9.11. The van der Waals surface area contributed by atoms with E-state index in [1.165, 1.54) is 0 Å². The number of benzene rings is 1. The van der Waals surface area contributed by atoms with Crippen LogP contribution in [0.25, 0.3) is 0 Å². The van der Waals surface area contributed by atoms with Crippen LogP contribution in [0.5, 0.6) is 5.75 Å². The lowest BCUT2D eigenvalue weighted by Crippen LogP contribution is -2.30. The smallest absolute Gasteiger partial charge is 0.124 e. The summed E-state index contributed by atoms with van der Waals surface area (Å²) in [4.78, 5) is 0. The van der Waals surface area contributed by atoms with Crippen LogP contribution in [0, 0.1) is 0 Å². The predicted octanol–water partition coefficient (Wildman–Crippen LogP) is 0.921. The van der Waals surface area contributed by atoms with Gasteiger partial charge in [-0.15, -0.1) is 0 Å². The zero-order chi connectivity index (χ0) is 11.8. The van der Waals surface area contributed by atoms with Crippen molar-refractivity contribution in [3.05, 3.63) is 29.8 Å². The fraction of sp³-hybridized carbons (Fsp3) is 0.500. The molecular weight excluding hydrogens is 206 g/mol. The van der Waals surface area contributed by atoms with Crippen molar-refractivity contribution in [1.29, 1.82) is 0 Å². The zero-order valence-corrected chi connectivity index (χ0v) is 9.56. The van der Waals surface area contributed by atoms with Crippen LogP contribution in [0.15, 0.2) is 24.3 Å². The van der Waals surface area contributed by atoms with Gasteiger partial charge in [0.1, 0.15) is 18.5 Å². The SMILES string of the molecule is CCOC(CN)COc1ccccc1CO. The minimum Gasteiger partial charge on any atom is -0.490 e. The Balaban J connectivity index is 2.52. The second-order valence-corrected chi connectivity index (χ2v) is 3.39. The first-order valence-corrected chi connectivity index (χ1v) is 5.45. The molecule has 90 valence electrons. The maximum Gasteiger partial charge on any atom is 0.124 e. The Kier molecular flexibility index (Phi) is 5.85. The molecule has 1 aromatic carbocycles. The summed E-state index contributed by atoms with van der Waals surface area (Å²) >= 11 is 0. The molecule has 1 atom stereocenters. The van der Waals surface area contributed by atoms with Crippen molar-refractivity contribution in [3.63, 3.8) is 0 Å². The predicted molar refractivity (Wildman–Crippen MR) is 62.3 cm³/mol. The Labute approximate surface area is 96.0 Å². The maximum atomic E-state index is 9.11. The first-order valence-electron chi connectivity index (χ1n) is 5.45. The Morgan fingerprint density at radius 3 is 2.75 bits per heavy atom. The molecule has 0 aliphatic carbocycles. The van der Waals surface area contributed by atoms with Crippen LogP contribution >= 0.6 is 0 Å². The highest BCUT2D eigenvalue weighted by Crippen LogP contribution is 2.17. The fourth-order valence-electron chi connectivity index (χ4n) is 1.38. The van der Waals surface area contributed by atoms with Gasteiger partial charge in [-0.25, -0.2) is 0 Å². The molecule has 0 saturated heterocycles. The molecule has 0 bridgehead atoms. The molecule has 0 saturated carbocycles. The van der Waals surface area contributed by atoms with E-state index in [1.54, 1.807) is 0 Å². The van der Waals surface area contributed by atoms with Gasteiger partial charge < -0.3 is 20.3 Å². The van der Waals surface area contributed by atoms with Crippen LogP contribution in [-0.4, -0.2) is 31.0 Å². The fourth-order valence-corrected chi connectivity index (χ4v) is 1.38. The zero-order valence-electron chi connectivity index (χ0n) is 9.56. The molecule has 1 aromatic rings. The molecule has 1 rings (SSSR count). The summed E-state index contributed by atoms with van der Waals surface area (Å²) in [5.41, 5.74) is 6.31. The van der Waals surface area contributed by atoms with Crippen molar-refractivity contribution in [2.75, 3.05) is 19.8 Å². The molecule has 4 nitrogen and oxygen atoms in total. The van der Waals surface area contributed by atoms with E-state index >= 15 is 0 Å². The molecule has 3 N–H and O–H groups in total. The largest absolute Gasteiger partial charge is 0.490 e. The van der Waals surface area contributed by atoms with E-state index in [0.29, 0.717) is 25.5 Å². The van der Waals surface area contributed by atoms with Crippen LogP contribution < -0.4 is 10.5 Å². The lowest BCUT2D eigenvalue weighted by Gasteiger charge is -2.17. The van der Waals surface area contributed by atoms with Crippen LogP contribution in [-0.2, 0) is 11.3 Å². The van der Waals surface area contributed by atoms with Gasteiger partial charge in [-0.1, -0.05) is 18.2 Å². The van der Waals surface area contributed by atoms with Crippen LogP contribution in [0.4, 0.5) is 0 Å². The first kappa shape index (κ1) is 13.0. The molecule has 0 amide bonds. The van der Waals surface area contributed by atoms with E-state index in [0.717, 1.165) is 5.56 Å². The van der Waals surface area contributed by atoms with Crippen LogP contribution in [0.3, 0.4) is 0 Å². The van der Waals surface area contributed by atoms with Gasteiger partial charge in [-0.3, -0.25) is 0 Å². The van der Waals surface area contributed by atoms with Crippen molar-refractivity contribution in [1.82, 2.24) is 0 Å². The van der Waals surface area contributed by atoms with Gasteiger partial charge in [0.25, 0.3) is 0 Å². The topological polar surface area (TPSA) is 64.7 Å². The lowest BCUT2D eigenvalue weighted by atomic mass is 10.2. The summed E-state index contributed by atoms with van der Waals surface area (Å²) in [5.74, 6) is 0.683. The van der Waals surface area contributed by atoms with E-state index < -0.39 is 0 Å². The van der Waals surface area contributed by atoms with E-state index in [-0.39, 0.29) is 12.7 Å². The summed E-state index contributed by atoms with van der Waals surface area (Å²) in [6.07, 6.45) is -0.100. The number of nitrogens with two attached hydrogens (primary N) is 1. The van der Waals surface area contributed by atoms with Gasteiger partial charge in [0.15, 0.2) is 0 Å². The Hall–Kier alpha value is -1.10. The van der Waals surface area contributed by atoms with Crippen molar-refractivity contribution in [2.45, 2.75) is 19.6 Å². The molecule has 0 radical (unpaired) electrons. The minimum absolute atomic E-state index is 0.0297. The molecule has 0 aliphatic heterocycles. The van der Waals surface area contributed by atoms with Gasteiger partial charge in [0, 0.05) is 18.7 Å². The highest BCUT2D eigenvalue weighted by molar-refractivity contribution is 5.32. The highest BCUT2D eigenvalue weighted by Gasteiger charge is 2.08. The summed E-state index contributed by atoms with van der Waals surface area (Å²) in [6.45, 7) is 3.34. The third kappa shape index (κ3) is 3.81. The van der Waals surface area contributed by atoms with Crippen molar-refractivity contribution < 1.29 is 14.6 Å². The van der Waals surface area contributed by atoms with Crippen LogP contribution in [0.2, 0.25) is 0 Å². The van der Waals surface area contributed by atoms with E-state index in [1.807, 2.05) is 31.2 Å². The second kappa shape index (κ2) is 7.22. The number of aliphatic hydroxyl groups excluding tert-OH is 1. The van der Waals surface area contributed by atoms with E-state index in [2.05, 4.69) is 0 Å². The number of rotatable bonds is 7. The average molecular weight is 225 g/mol. The van der Waals surface area contributed by atoms with Gasteiger partial charge in [0.05, 0.1) is 6.61 Å². The molecule has 0 aromatic heterocycles. The van der Waals surface area contributed by atoms with E-state index in [9.17, 15) is 0 Å². The molecule has 0 spiro atoms. The Morgan fingerprint density at radius 2 is 2.12 bits per heavy atom. The minimum atomic E-state index is -0.100. The van der Waals surface area contributed by atoms with Crippen molar-refractivity contribution >= 4 is 0 Å². The first-order chi connectivity index (χ1) is 7.81. The lowest BCUT2D eigenvalue weighted by molar-refractivity contribution is 0.0331. The standard InChI is InChI=1S/C12H19NO3/c1-2-15-11(7-13)9-16-12-6-4-3-5-10(12)8-14/h3-6,11,14H,2,7-9,13H2,1H3. The molecule has 0 aliphatic rings. The quantitative estimate of drug-likeness (QED) is 0.724. The molecule has 4 heteroatoms. The Bertz CT molecular complexity index is 304. The average Bonchev–Trinajstić information content (AvgIpc) is 2.34. The summed E-state index contributed by atoms with van der Waals surface area (Å²) in [5, 5.41) is 9.11. The number of hydrogen-bond acceptors (Lipinski definition) is 4. The van der Waals surface area contributed by atoms with Gasteiger partial charge >= 0.3 is 0 Å². The van der Waals surface area contributed by atoms with Crippen LogP contribution in [0.1, 0.15) is 12.5 Å².